The summed E-state index contributed by atoms with van der Waals surface area (Å²) in [6.07, 6.45) is -0.483. The Kier molecular flexibility index (Phi) is 13.2. The predicted molar refractivity (Wildman–Crippen MR) is 152 cm³/mol. The lowest BCUT2D eigenvalue weighted by atomic mass is 9.99. The average molecular weight is 589 g/mol. The molecule has 1 aliphatic heterocycles. The highest BCUT2D eigenvalue weighted by molar-refractivity contribution is 5.97. The zero-order valence-corrected chi connectivity index (χ0v) is 23.7. The molecule has 1 aromatic rings. The molecule has 0 aliphatic carbocycles. The van der Waals surface area contributed by atoms with Gasteiger partial charge in [-0.05, 0) is 24.3 Å². The van der Waals surface area contributed by atoms with Gasteiger partial charge in [-0.25, -0.2) is 0 Å². The van der Waals surface area contributed by atoms with Gasteiger partial charge in [0.2, 0.25) is 29.5 Å². The number of carbonyl (C=O) groups excluding carboxylic acids is 5. The van der Waals surface area contributed by atoms with Gasteiger partial charge in [0, 0.05) is 25.9 Å². The second-order valence-corrected chi connectivity index (χ2v) is 10.3. The van der Waals surface area contributed by atoms with Crippen molar-refractivity contribution >= 4 is 41.5 Å². The van der Waals surface area contributed by atoms with E-state index in [4.69, 9.17) is 11.5 Å². The van der Waals surface area contributed by atoms with Gasteiger partial charge in [0.25, 0.3) is 0 Å². The van der Waals surface area contributed by atoms with Crippen LogP contribution < -0.4 is 38.1 Å². The smallest absolute Gasteiger partial charge is 0.305 e. The minimum Gasteiger partial charge on any atom is -0.481 e. The zero-order valence-electron chi connectivity index (χ0n) is 23.7. The quantitative estimate of drug-likeness (QED) is 0.0890. The van der Waals surface area contributed by atoms with Crippen LogP contribution in [0.3, 0.4) is 0 Å². The van der Waals surface area contributed by atoms with Gasteiger partial charge in [-0.3, -0.25) is 33.8 Å². The molecule has 2 rings (SSSR count). The lowest BCUT2D eigenvalue weighted by Crippen LogP contribution is -2.60. The maximum atomic E-state index is 13.5. The Bertz CT molecular complexity index is 1150. The summed E-state index contributed by atoms with van der Waals surface area (Å²) in [7, 11) is 0. The van der Waals surface area contributed by atoms with Gasteiger partial charge in [0.05, 0.1) is 6.42 Å². The van der Waals surface area contributed by atoms with Crippen molar-refractivity contribution in [2.24, 2.45) is 22.4 Å². The molecule has 0 radical (unpaired) electrons. The van der Waals surface area contributed by atoms with Gasteiger partial charge >= 0.3 is 5.97 Å². The van der Waals surface area contributed by atoms with E-state index in [0.717, 1.165) is 0 Å². The molecule has 0 saturated carbocycles. The van der Waals surface area contributed by atoms with Crippen molar-refractivity contribution in [2.45, 2.75) is 70.1 Å². The number of carbonyl (C=O) groups is 6. The molecule has 4 atom stereocenters. The van der Waals surface area contributed by atoms with E-state index in [0.29, 0.717) is 12.0 Å². The van der Waals surface area contributed by atoms with Gasteiger partial charge in [-0.2, -0.15) is 0 Å². The number of rotatable bonds is 9. The number of aliphatic carboxylic acids is 1. The molecule has 15 heteroatoms. The van der Waals surface area contributed by atoms with Crippen molar-refractivity contribution in [1.29, 1.82) is 0 Å². The highest BCUT2D eigenvalue weighted by atomic mass is 16.4. The molecule has 1 aliphatic rings. The molecule has 15 nitrogen and oxygen atoms in total. The Morgan fingerprint density at radius 3 is 2.17 bits per heavy atom. The third-order valence-electron chi connectivity index (χ3n) is 6.42. The summed E-state index contributed by atoms with van der Waals surface area (Å²) in [6.45, 7) is 3.48. The van der Waals surface area contributed by atoms with Crippen LogP contribution in [0.2, 0.25) is 0 Å². The Morgan fingerprint density at radius 2 is 1.55 bits per heavy atom. The van der Waals surface area contributed by atoms with E-state index in [1.807, 2.05) is 0 Å². The van der Waals surface area contributed by atoms with E-state index in [-0.39, 0.29) is 38.3 Å². The largest absolute Gasteiger partial charge is 0.481 e. The highest BCUT2D eigenvalue weighted by Gasteiger charge is 2.33. The topological polar surface area (TPSA) is 247 Å². The molecule has 1 aromatic carbocycles. The number of guanidine groups is 1. The number of aliphatic imine (C=N–C) groups is 1. The molecule has 5 amide bonds. The molecule has 42 heavy (non-hydrogen) atoms. The van der Waals surface area contributed by atoms with Crippen LogP contribution in [-0.4, -0.2) is 83.8 Å². The number of nitrogens with two attached hydrogens (primary N) is 2. The summed E-state index contributed by atoms with van der Waals surface area (Å²) in [5, 5.41) is 22.2. The predicted octanol–water partition coefficient (Wildman–Crippen LogP) is -2.13. The summed E-state index contributed by atoms with van der Waals surface area (Å²) in [5.41, 5.74) is 11.4. The lowest BCUT2D eigenvalue weighted by Gasteiger charge is -2.28. The SMILES string of the molecule is CC(C)[C@H]1NC(=O)[C@H](Cc2ccccc2)NC(=O)[C@H](CC(=O)O)NC(=O)CCNC(=O)[C@H](CCCN=C(N)N)NC1=O. The van der Waals surface area contributed by atoms with Crippen LogP contribution in [0.1, 0.15) is 45.1 Å². The summed E-state index contributed by atoms with van der Waals surface area (Å²) in [6, 6.07) is 3.96. The number of carboxylic acids is 1. The lowest BCUT2D eigenvalue weighted by molar-refractivity contribution is -0.141. The monoisotopic (exact) mass is 588 g/mol. The van der Waals surface area contributed by atoms with Crippen LogP contribution in [0, 0.1) is 5.92 Å². The number of benzene rings is 1. The summed E-state index contributed by atoms with van der Waals surface area (Å²) in [4.78, 5) is 80.9. The third-order valence-corrected chi connectivity index (χ3v) is 6.42. The first kappa shape index (κ1) is 33.5. The van der Waals surface area contributed by atoms with Crippen molar-refractivity contribution in [3.05, 3.63) is 35.9 Å². The van der Waals surface area contributed by atoms with Crippen LogP contribution in [0.5, 0.6) is 0 Å². The van der Waals surface area contributed by atoms with Crippen molar-refractivity contribution in [1.82, 2.24) is 26.6 Å². The van der Waals surface area contributed by atoms with Gasteiger partial charge in [0.15, 0.2) is 5.96 Å². The van der Waals surface area contributed by atoms with Crippen LogP contribution in [0.4, 0.5) is 0 Å². The molecule has 1 heterocycles. The summed E-state index contributed by atoms with van der Waals surface area (Å²) in [5.74, 6) is -5.36. The van der Waals surface area contributed by atoms with Gasteiger partial charge in [0.1, 0.15) is 24.2 Å². The minimum atomic E-state index is -1.49. The molecule has 230 valence electrons. The van der Waals surface area contributed by atoms with E-state index in [9.17, 15) is 33.9 Å². The van der Waals surface area contributed by atoms with Crippen LogP contribution in [0.25, 0.3) is 0 Å². The molecule has 1 saturated heterocycles. The molecule has 10 N–H and O–H groups in total. The summed E-state index contributed by atoms with van der Waals surface area (Å²) >= 11 is 0. The normalized spacial score (nSPS) is 22.7. The second kappa shape index (κ2) is 16.5. The highest BCUT2D eigenvalue weighted by Crippen LogP contribution is 2.09. The number of hydrogen-bond acceptors (Lipinski definition) is 7. The van der Waals surface area contributed by atoms with E-state index >= 15 is 0 Å². The number of hydrogen-bond donors (Lipinski definition) is 8. The van der Waals surface area contributed by atoms with Crippen LogP contribution in [-0.2, 0) is 35.2 Å². The fourth-order valence-electron chi connectivity index (χ4n) is 4.23. The van der Waals surface area contributed by atoms with Crippen LogP contribution in [0.15, 0.2) is 35.3 Å². The molecule has 1 fully saturated rings. The Morgan fingerprint density at radius 1 is 0.905 bits per heavy atom. The molecular formula is C27H40N8O7. The second-order valence-electron chi connectivity index (χ2n) is 10.3. The number of amides is 5. The van der Waals surface area contributed by atoms with Gasteiger partial charge in [-0.1, -0.05) is 44.2 Å². The van der Waals surface area contributed by atoms with Gasteiger partial charge in [-0.15, -0.1) is 0 Å². The first-order chi connectivity index (χ1) is 19.9. The van der Waals surface area contributed by atoms with Crippen molar-refractivity contribution in [2.75, 3.05) is 13.1 Å². The van der Waals surface area contributed by atoms with Crippen molar-refractivity contribution < 1.29 is 33.9 Å². The van der Waals surface area contributed by atoms with Crippen LogP contribution >= 0.6 is 0 Å². The fraction of sp³-hybridized carbons (Fsp3) is 0.519. The molecule has 0 aromatic heterocycles. The van der Waals surface area contributed by atoms with E-state index in [2.05, 4.69) is 31.6 Å². The average Bonchev–Trinajstić information content (AvgIpc) is 2.91. The Balaban J connectivity index is 2.41. The fourth-order valence-corrected chi connectivity index (χ4v) is 4.23. The first-order valence-corrected chi connectivity index (χ1v) is 13.7. The van der Waals surface area contributed by atoms with Crippen molar-refractivity contribution in [3.8, 4) is 0 Å². The standard InChI is InChI=1S/C27H40N8O7/c1-15(2)22-26(42)33-17(9-6-11-31-27(28)29)23(39)30-12-10-20(36)32-19(14-21(37)38)24(40)34-18(25(41)35-22)13-16-7-4-3-5-8-16/h3-5,7-8,15,17-19,22H,6,9-14H2,1-2H3,(H,30,39)(H,32,36)(H,33,42)(H,34,40)(H,35,41)(H,37,38)(H4,28,29,31)/t17-,18-,19-,22+/m0/s1. The third kappa shape index (κ3) is 11.4. The van der Waals surface area contributed by atoms with Gasteiger partial charge < -0.3 is 43.2 Å². The summed E-state index contributed by atoms with van der Waals surface area (Å²) < 4.78 is 0. The minimum absolute atomic E-state index is 0.0222. The molecular weight excluding hydrogens is 548 g/mol. The Labute approximate surface area is 243 Å². The number of nitrogens with zero attached hydrogens (tertiary/aromatic N) is 1. The molecule has 0 unspecified atom stereocenters. The van der Waals surface area contributed by atoms with E-state index in [1.165, 1.54) is 0 Å². The first-order valence-electron chi connectivity index (χ1n) is 13.7. The van der Waals surface area contributed by atoms with E-state index < -0.39 is 72.0 Å². The zero-order chi connectivity index (χ0) is 31.2. The maximum Gasteiger partial charge on any atom is 0.305 e. The Hall–Kier alpha value is -4.69. The van der Waals surface area contributed by atoms with Crippen molar-refractivity contribution in [3.63, 3.8) is 0 Å². The van der Waals surface area contributed by atoms with E-state index in [1.54, 1.807) is 44.2 Å². The molecule has 0 bridgehead atoms. The number of nitrogens with one attached hydrogen (secondary N) is 5. The maximum absolute atomic E-state index is 13.5. The number of carboxylic acid groups (broad SMARTS) is 1. The molecule has 0 spiro atoms.